The van der Waals surface area contributed by atoms with E-state index in [2.05, 4.69) is 5.32 Å². The Kier molecular flexibility index (Phi) is 5.41. The molecule has 1 aromatic rings. The summed E-state index contributed by atoms with van der Waals surface area (Å²) in [6.07, 6.45) is -0.674. The highest BCUT2D eigenvalue weighted by atomic mass is 16.6. The second-order valence-corrected chi connectivity index (χ2v) is 6.46. The fourth-order valence-electron chi connectivity index (χ4n) is 2.11. The van der Waals surface area contributed by atoms with Gasteiger partial charge in [0.1, 0.15) is 11.4 Å². The van der Waals surface area contributed by atoms with E-state index in [-0.39, 0.29) is 11.7 Å². The van der Waals surface area contributed by atoms with Gasteiger partial charge in [-0.2, -0.15) is 0 Å². The zero-order valence-electron chi connectivity index (χ0n) is 13.5. The van der Waals surface area contributed by atoms with Crippen molar-refractivity contribution in [1.82, 2.24) is 0 Å². The maximum atomic E-state index is 11.9. The van der Waals surface area contributed by atoms with Crippen molar-refractivity contribution in [3.05, 3.63) is 23.8 Å². The summed E-state index contributed by atoms with van der Waals surface area (Å²) in [6.45, 7) is 8.73. The molecule has 122 valence electrons. The van der Waals surface area contributed by atoms with Crippen molar-refractivity contribution < 1.29 is 24.5 Å². The van der Waals surface area contributed by atoms with Gasteiger partial charge in [0, 0.05) is 5.69 Å². The maximum absolute atomic E-state index is 11.9. The lowest BCUT2D eigenvalue weighted by Gasteiger charge is -2.23. The number of carboxylic acid groups (broad SMARTS) is 1. The average Bonchev–Trinajstić information content (AvgIpc) is 2.29. The Morgan fingerprint density at radius 3 is 2.27 bits per heavy atom. The Labute approximate surface area is 130 Å². The van der Waals surface area contributed by atoms with Crippen LogP contribution in [0, 0.1) is 5.92 Å². The number of aliphatic carboxylic acids is 1. The smallest absolute Gasteiger partial charge is 0.412 e. The molecule has 6 heteroatoms. The molecule has 1 amide bonds. The molecule has 1 atom stereocenters. The first-order chi connectivity index (χ1) is 10.0. The number of amides is 1. The summed E-state index contributed by atoms with van der Waals surface area (Å²) in [6, 6.07) is 4.20. The highest BCUT2D eigenvalue weighted by Gasteiger charge is 2.27. The minimum Gasteiger partial charge on any atom is -0.508 e. The van der Waals surface area contributed by atoms with Gasteiger partial charge in [0.05, 0.1) is 5.92 Å². The minimum atomic E-state index is -1.02. The predicted molar refractivity (Wildman–Crippen MR) is 83.2 cm³/mol. The van der Waals surface area contributed by atoms with Crippen LogP contribution < -0.4 is 5.32 Å². The van der Waals surface area contributed by atoms with Crippen molar-refractivity contribution >= 4 is 17.7 Å². The SMILES string of the molecule is CC(C)C(C(=O)O)c1cc(O)ccc1NC(=O)OC(C)(C)C. The van der Waals surface area contributed by atoms with Gasteiger partial charge >= 0.3 is 12.1 Å². The second kappa shape index (κ2) is 6.68. The Morgan fingerprint density at radius 2 is 1.82 bits per heavy atom. The standard InChI is InChI=1S/C16H23NO5/c1-9(2)13(14(19)20)11-8-10(18)6-7-12(11)17-15(21)22-16(3,4)5/h6-9,13,18H,1-5H3,(H,17,21)(H,19,20). The summed E-state index contributed by atoms with van der Waals surface area (Å²) in [5.41, 5.74) is -0.00712. The van der Waals surface area contributed by atoms with Crippen LogP contribution in [0.25, 0.3) is 0 Å². The molecule has 0 aromatic heterocycles. The third-order valence-electron chi connectivity index (χ3n) is 2.94. The van der Waals surface area contributed by atoms with Gasteiger partial charge in [-0.3, -0.25) is 10.1 Å². The van der Waals surface area contributed by atoms with E-state index in [9.17, 15) is 19.8 Å². The predicted octanol–water partition coefficient (Wildman–Crippen LogP) is 3.56. The molecule has 1 unspecified atom stereocenters. The second-order valence-electron chi connectivity index (χ2n) is 6.46. The first-order valence-electron chi connectivity index (χ1n) is 7.07. The lowest BCUT2D eigenvalue weighted by atomic mass is 9.87. The summed E-state index contributed by atoms with van der Waals surface area (Å²) in [7, 11) is 0. The van der Waals surface area contributed by atoms with Crippen LogP contribution in [0.4, 0.5) is 10.5 Å². The lowest BCUT2D eigenvalue weighted by Crippen LogP contribution is -2.28. The molecule has 3 N–H and O–H groups in total. The molecule has 0 bridgehead atoms. The molecule has 0 aliphatic rings. The molecule has 0 aliphatic carbocycles. The molecule has 0 saturated heterocycles. The number of carboxylic acids is 1. The van der Waals surface area contributed by atoms with Gasteiger partial charge < -0.3 is 14.9 Å². The first-order valence-corrected chi connectivity index (χ1v) is 7.07. The van der Waals surface area contributed by atoms with Crippen molar-refractivity contribution in [2.45, 2.75) is 46.1 Å². The van der Waals surface area contributed by atoms with Gasteiger partial charge in [-0.05, 0) is 50.5 Å². The zero-order valence-corrected chi connectivity index (χ0v) is 13.5. The number of hydrogen-bond donors (Lipinski definition) is 3. The van der Waals surface area contributed by atoms with E-state index in [1.165, 1.54) is 18.2 Å². The van der Waals surface area contributed by atoms with E-state index >= 15 is 0 Å². The molecule has 6 nitrogen and oxygen atoms in total. The summed E-state index contributed by atoms with van der Waals surface area (Å²) in [5.74, 6) is -2.14. The number of nitrogens with one attached hydrogen (secondary N) is 1. The fourth-order valence-corrected chi connectivity index (χ4v) is 2.11. The Morgan fingerprint density at radius 1 is 1.23 bits per heavy atom. The van der Waals surface area contributed by atoms with E-state index in [4.69, 9.17) is 4.74 Å². The summed E-state index contributed by atoms with van der Waals surface area (Å²) >= 11 is 0. The number of benzene rings is 1. The van der Waals surface area contributed by atoms with Crippen LogP contribution in [0.3, 0.4) is 0 Å². The van der Waals surface area contributed by atoms with E-state index in [1.807, 2.05) is 0 Å². The number of ether oxygens (including phenoxy) is 1. The van der Waals surface area contributed by atoms with Gasteiger partial charge in [-0.1, -0.05) is 13.8 Å². The topological polar surface area (TPSA) is 95.9 Å². The van der Waals surface area contributed by atoms with Crippen molar-refractivity contribution in [1.29, 1.82) is 0 Å². The highest BCUT2D eigenvalue weighted by Crippen LogP contribution is 2.33. The third kappa shape index (κ3) is 4.95. The quantitative estimate of drug-likeness (QED) is 0.739. The fraction of sp³-hybridized carbons (Fsp3) is 0.500. The molecule has 0 radical (unpaired) electrons. The molecule has 22 heavy (non-hydrogen) atoms. The van der Waals surface area contributed by atoms with E-state index < -0.39 is 23.6 Å². The van der Waals surface area contributed by atoms with Crippen molar-refractivity contribution in [3.8, 4) is 5.75 Å². The van der Waals surface area contributed by atoms with Crippen LogP contribution >= 0.6 is 0 Å². The van der Waals surface area contributed by atoms with Gasteiger partial charge in [-0.15, -0.1) is 0 Å². The largest absolute Gasteiger partial charge is 0.508 e. The summed E-state index contributed by atoms with van der Waals surface area (Å²) in [4.78, 5) is 23.4. The van der Waals surface area contributed by atoms with Crippen LogP contribution in [0.15, 0.2) is 18.2 Å². The molecule has 1 aromatic carbocycles. The number of anilines is 1. The Bertz CT molecular complexity index is 560. The number of phenolic OH excluding ortho intramolecular Hbond substituents is 1. The number of rotatable bonds is 4. The first kappa shape index (κ1) is 17.8. The average molecular weight is 309 g/mol. The highest BCUT2D eigenvalue weighted by molar-refractivity contribution is 5.88. The number of phenols is 1. The van der Waals surface area contributed by atoms with Crippen LogP contribution in [0.5, 0.6) is 5.75 Å². The molecule has 0 heterocycles. The molecule has 0 saturated carbocycles. The number of aromatic hydroxyl groups is 1. The lowest BCUT2D eigenvalue weighted by molar-refractivity contribution is -0.139. The van der Waals surface area contributed by atoms with Gasteiger partial charge in [0.15, 0.2) is 0 Å². The molecular weight excluding hydrogens is 286 g/mol. The molecular formula is C16H23NO5. The van der Waals surface area contributed by atoms with Crippen LogP contribution in [-0.2, 0) is 9.53 Å². The molecule has 1 rings (SSSR count). The monoisotopic (exact) mass is 309 g/mol. The van der Waals surface area contributed by atoms with Crippen molar-refractivity contribution in [3.63, 3.8) is 0 Å². The molecule has 0 fully saturated rings. The van der Waals surface area contributed by atoms with E-state index in [0.29, 0.717) is 11.3 Å². The Hall–Kier alpha value is -2.24. The van der Waals surface area contributed by atoms with E-state index in [0.717, 1.165) is 0 Å². The maximum Gasteiger partial charge on any atom is 0.412 e. The van der Waals surface area contributed by atoms with Gasteiger partial charge in [0.2, 0.25) is 0 Å². The summed E-state index contributed by atoms with van der Waals surface area (Å²) in [5, 5.41) is 21.6. The number of carbonyl (C=O) groups excluding carboxylic acids is 1. The van der Waals surface area contributed by atoms with Crippen molar-refractivity contribution in [2.24, 2.45) is 5.92 Å². The van der Waals surface area contributed by atoms with Crippen molar-refractivity contribution in [2.75, 3.05) is 5.32 Å². The minimum absolute atomic E-state index is 0.0587. The third-order valence-corrected chi connectivity index (χ3v) is 2.94. The normalized spacial score (nSPS) is 12.8. The van der Waals surface area contributed by atoms with Gasteiger partial charge in [0.25, 0.3) is 0 Å². The number of hydrogen-bond acceptors (Lipinski definition) is 4. The number of carbonyl (C=O) groups is 2. The van der Waals surface area contributed by atoms with Crippen LogP contribution in [0.2, 0.25) is 0 Å². The molecule has 0 spiro atoms. The Balaban J connectivity index is 3.15. The van der Waals surface area contributed by atoms with E-state index in [1.54, 1.807) is 34.6 Å². The van der Waals surface area contributed by atoms with Crippen LogP contribution in [-0.4, -0.2) is 27.9 Å². The summed E-state index contributed by atoms with van der Waals surface area (Å²) < 4.78 is 5.17. The van der Waals surface area contributed by atoms with Crippen LogP contribution in [0.1, 0.15) is 46.1 Å². The van der Waals surface area contributed by atoms with Gasteiger partial charge in [-0.25, -0.2) is 4.79 Å². The molecule has 0 aliphatic heterocycles. The zero-order chi connectivity index (χ0) is 17.1.